The minimum Gasteiger partial charge on any atom is -0.272 e. The highest BCUT2D eigenvalue weighted by atomic mass is 15.6. The van der Waals surface area contributed by atoms with Crippen molar-refractivity contribution in [2.24, 2.45) is 10.3 Å². The first-order valence-corrected chi connectivity index (χ1v) is 7.52. The first-order valence-electron chi connectivity index (χ1n) is 7.52. The second kappa shape index (κ2) is 7.41. The zero-order valence-electron chi connectivity index (χ0n) is 11.6. The van der Waals surface area contributed by atoms with Crippen LogP contribution in [0, 0.1) is 12.0 Å². The predicted molar refractivity (Wildman–Crippen MR) is 73.9 cm³/mol. The lowest BCUT2D eigenvalue weighted by molar-refractivity contribution is 0.0758. The largest absolute Gasteiger partial charge is 0.272 e. The molecule has 0 unspecified atom stereocenters. The van der Waals surface area contributed by atoms with E-state index >= 15 is 0 Å². The van der Waals surface area contributed by atoms with Crippen LogP contribution in [0.25, 0.3) is 0 Å². The van der Waals surface area contributed by atoms with Crippen LogP contribution >= 0.6 is 0 Å². The summed E-state index contributed by atoms with van der Waals surface area (Å²) in [5, 5.41) is 10.8. The molecule has 0 amide bonds. The van der Waals surface area contributed by atoms with Crippen LogP contribution in [0.5, 0.6) is 0 Å². The van der Waals surface area contributed by atoms with Crippen molar-refractivity contribution in [3.8, 4) is 12.0 Å². The minimum atomic E-state index is 0.615. The van der Waals surface area contributed by atoms with E-state index < -0.39 is 0 Å². The third-order valence-electron chi connectivity index (χ3n) is 4.21. The summed E-state index contributed by atoms with van der Waals surface area (Å²) in [6.45, 7) is 1.81. The summed E-state index contributed by atoms with van der Waals surface area (Å²) in [5.74, 6) is 2.79. The molecule has 0 heterocycles. The molecule has 0 aliphatic heterocycles. The highest BCUT2D eigenvalue weighted by Gasteiger charge is 2.28. The van der Waals surface area contributed by atoms with E-state index in [1.165, 1.54) is 64.2 Å². The maximum absolute atomic E-state index is 4.45. The number of hydrogen-bond acceptors (Lipinski definition) is 2. The molecule has 3 nitrogen and oxygen atoms in total. The van der Waals surface area contributed by atoms with Gasteiger partial charge in [0, 0.05) is 12.1 Å². The van der Waals surface area contributed by atoms with Gasteiger partial charge in [0.15, 0.2) is 0 Å². The molecular weight excluding hydrogens is 222 g/mol. The third kappa shape index (κ3) is 3.73. The fourth-order valence-corrected chi connectivity index (χ4v) is 3.26. The van der Waals surface area contributed by atoms with E-state index in [0.717, 1.165) is 0 Å². The molecule has 2 fully saturated rings. The van der Waals surface area contributed by atoms with Crippen molar-refractivity contribution >= 4 is 0 Å². The van der Waals surface area contributed by atoms with E-state index in [0.29, 0.717) is 12.1 Å². The Morgan fingerprint density at radius 3 is 1.78 bits per heavy atom. The second-order valence-electron chi connectivity index (χ2n) is 5.51. The van der Waals surface area contributed by atoms with Crippen molar-refractivity contribution < 1.29 is 0 Å². The molecule has 2 saturated carbocycles. The zero-order chi connectivity index (χ0) is 12.6. The molecule has 0 bridgehead atoms. The molecule has 18 heavy (non-hydrogen) atoms. The Labute approximate surface area is 111 Å². The molecule has 0 N–H and O–H groups in total. The predicted octanol–water partition coefficient (Wildman–Crippen LogP) is 4.30. The lowest BCUT2D eigenvalue weighted by Crippen LogP contribution is -2.41. The average molecular weight is 247 g/mol. The monoisotopic (exact) mass is 247 g/mol. The molecule has 100 valence electrons. The summed E-state index contributed by atoms with van der Waals surface area (Å²) in [6, 6.07) is 3.95. The second-order valence-corrected chi connectivity index (χ2v) is 5.51. The van der Waals surface area contributed by atoms with Gasteiger partial charge in [-0.25, -0.2) is 0 Å². The Kier molecular flexibility index (Phi) is 5.51. The van der Waals surface area contributed by atoms with Crippen LogP contribution in [0.15, 0.2) is 10.3 Å². The van der Waals surface area contributed by atoms with E-state index in [4.69, 9.17) is 0 Å². The molecule has 0 aromatic carbocycles. The fraction of sp³-hybridized carbons (Fsp3) is 0.867. The standard InChI is InChI=1S/C15H25N3/c1-2-13-16-17-18(14-9-5-3-6-10-14)15-11-7-4-8-12-15/h14-15H,3-12H2,1H3. The van der Waals surface area contributed by atoms with Gasteiger partial charge < -0.3 is 0 Å². The quantitative estimate of drug-likeness (QED) is 0.415. The van der Waals surface area contributed by atoms with Crippen molar-refractivity contribution in [2.75, 3.05) is 0 Å². The van der Waals surface area contributed by atoms with Crippen LogP contribution in [0.2, 0.25) is 0 Å². The zero-order valence-corrected chi connectivity index (χ0v) is 11.6. The smallest absolute Gasteiger partial charge is 0.0590 e. The van der Waals surface area contributed by atoms with Crippen molar-refractivity contribution in [3.63, 3.8) is 0 Å². The van der Waals surface area contributed by atoms with Crippen LogP contribution in [0.4, 0.5) is 0 Å². The lowest BCUT2D eigenvalue weighted by atomic mass is 9.90. The molecule has 2 aliphatic rings. The Morgan fingerprint density at radius 1 is 0.833 bits per heavy atom. The summed E-state index contributed by atoms with van der Waals surface area (Å²) in [4.78, 5) is 0. The van der Waals surface area contributed by atoms with Crippen LogP contribution in [0.1, 0.15) is 71.1 Å². The molecule has 0 aromatic rings. The normalized spacial score (nSPS) is 22.7. The lowest BCUT2D eigenvalue weighted by Gasteiger charge is -2.38. The van der Waals surface area contributed by atoms with Gasteiger partial charge in [0.1, 0.15) is 0 Å². The van der Waals surface area contributed by atoms with Crippen LogP contribution in [-0.2, 0) is 0 Å². The number of hydrogen-bond donors (Lipinski definition) is 0. The summed E-state index contributed by atoms with van der Waals surface area (Å²) in [5.41, 5.74) is 0. The Bertz CT molecular complexity index is 296. The first-order chi connectivity index (χ1) is 8.92. The highest BCUT2D eigenvalue weighted by molar-refractivity contribution is 4.91. The number of nitrogens with zero attached hydrogens (tertiary/aromatic N) is 3. The van der Waals surface area contributed by atoms with Crippen LogP contribution in [0.3, 0.4) is 0 Å². The maximum Gasteiger partial charge on any atom is 0.0590 e. The molecule has 0 spiro atoms. The van der Waals surface area contributed by atoms with Gasteiger partial charge >= 0.3 is 0 Å². The van der Waals surface area contributed by atoms with E-state index in [2.05, 4.69) is 27.3 Å². The molecule has 0 saturated heterocycles. The topological polar surface area (TPSA) is 28.0 Å². The van der Waals surface area contributed by atoms with Crippen molar-refractivity contribution in [2.45, 2.75) is 83.2 Å². The maximum atomic E-state index is 4.45. The highest BCUT2D eigenvalue weighted by Crippen LogP contribution is 2.30. The summed E-state index contributed by atoms with van der Waals surface area (Å²) in [6.07, 6.45) is 13.3. The van der Waals surface area contributed by atoms with Crippen LogP contribution in [-0.4, -0.2) is 17.1 Å². The minimum absolute atomic E-state index is 0.615. The molecule has 0 radical (unpaired) electrons. The summed E-state index contributed by atoms with van der Waals surface area (Å²) < 4.78 is 0. The van der Waals surface area contributed by atoms with E-state index in [1.807, 2.05) is 6.92 Å². The number of rotatable bonds is 3. The Hall–Kier alpha value is -1.04. The van der Waals surface area contributed by atoms with Gasteiger partial charge in [-0.1, -0.05) is 54.8 Å². The van der Waals surface area contributed by atoms with Crippen molar-refractivity contribution in [3.05, 3.63) is 0 Å². The molecular formula is C15H25N3. The Morgan fingerprint density at radius 2 is 1.33 bits per heavy atom. The van der Waals surface area contributed by atoms with Crippen LogP contribution < -0.4 is 0 Å². The SMILES string of the molecule is CC#CN=NN(C1CCCCC1)C1CCCCC1. The van der Waals surface area contributed by atoms with E-state index in [9.17, 15) is 0 Å². The summed E-state index contributed by atoms with van der Waals surface area (Å²) >= 11 is 0. The van der Waals surface area contributed by atoms with Gasteiger partial charge in [-0.2, -0.15) is 0 Å². The molecule has 2 rings (SSSR count). The van der Waals surface area contributed by atoms with Gasteiger partial charge in [0.25, 0.3) is 0 Å². The third-order valence-corrected chi connectivity index (χ3v) is 4.21. The van der Waals surface area contributed by atoms with Crippen molar-refractivity contribution in [1.82, 2.24) is 5.01 Å². The van der Waals surface area contributed by atoms with Gasteiger partial charge in [0.2, 0.25) is 0 Å². The van der Waals surface area contributed by atoms with Gasteiger partial charge in [-0.05, 0) is 32.6 Å². The van der Waals surface area contributed by atoms with E-state index in [1.54, 1.807) is 0 Å². The molecule has 0 atom stereocenters. The molecule has 3 heteroatoms. The fourth-order valence-electron chi connectivity index (χ4n) is 3.26. The molecule has 0 aromatic heterocycles. The van der Waals surface area contributed by atoms with Gasteiger partial charge in [0.05, 0.1) is 6.04 Å². The van der Waals surface area contributed by atoms with E-state index in [-0.39, 0.29) is 0 Å². The van der Waals surface area contributed by atoms with Crippen molar-refractivity contribution in [1.29, 1.82) is 0 Å². The van der Waals surface area contributed by atoms with Gasteiger partial charge in [-0.3, -0.25) is 5.01 Å². The average Bonchev–Trinajstić information content (AvgIpc) is 2.46. The molecule has 2 aliphatic carbocycles. The first kappa shape index (κ1) is 13.4. The van der Waals surface area contributed by atoms with Gasteiger partial charge in [-0.15, -0.1) is 0 Å². The summed E-state index contributed by atoms with van der Waals surface area (Å²) in [7, 11) is 0. The Balaban J connectivity index is 2.01.